The van der Waals surface area contributed by atoms with Crippen molar-refractivity contribution in [1.29, 1.82) is 0 Å². The first kappa shape index (κ1) is 18.2. The predicted molar refractivity (Wildman–Crippen MR) is 107 cm³/mol. The fourth-order valence-electron chi connectivity index (χ4n) is 4.90. The van der Waals surface area contributed by atoms with Crippen molar-refractivity contribution in [3.63, 3.8) is 0 Å². The second-order valence-corrected chi connectivity index (χ2v) is 8.05. The molecular weight excluding hydrogens is 338 g/mol. The maximum Gasteiger partial charge on any atom is 0.275 e. The Morgan fingerprint density at radius 2 is 1.81 bits per heavy atom. The molecule has 27 heavy (non-hydrogen) atoms. The van der Waals surface area contributed by atoms with E-state index in [1.165, 1.54) is 36.8 Å². The van der Waals surface area contributed by atoms with E-state index in [0.29, 0.717) is 29.1 Å². The molecule has 0 spiro atoms. The highest BCUT2D eigenvalue weighted by Gasteiger charge is 2.33. The number of carbonyl (C=O) groups excluding carboxylic acids is 1. The van der Waals surface area contributed by atoms with Crippen molar-refractivity contribution >= 4 is 16.7 Å². The lowest BCUT2D eigenvalue weighted by Crippen LogP contribution is -2.38. The molecule has 144 valence electrons. The van der Waals surface area contributed by atoms with Crippen LogP contribution >= 0.6 is 0 Å². The first-order chi connectivity index (χ1) is 13.2. The van der Waals surface area contributed by atoms with E-state index in [1.54, 1.807) is 6.07 Å². The number of likely N-dealkylation sites (tertiary alicyclic amines) is 1. The number of aromatic nitrogens is 2. The van der Waals surface area contributed by atoms with Gasteiger partial charge in [0, 0.05) is 24.5 Å². The normalized spacial score (nSPS) is 21.1. The molecule has 1 saturated carbocycles. The first-order valence-corrected chi connectivity index (χ1v) is 10.5. The first-order valence-electron chi connectivity index (χ1n) is 10.5. The summed E-state index contributed by atoms with van der Waals surface area (Å²) >= 11 is 0. The molecular formula is C22H29N3O2. The molecule has 1 saturated heterocycles. The predicted octanol–water partition coefficient (Wildman–Crippen LogP) is 3.99. The van der Waals surface area contributed by atoms with Crippen LogP contribution in [0.4, 0.5) is 0 Å². The van der Waals surface area contributed by atoms with E-state index in [0.717, 1.165) is 31.7 Å². The number of aryl methyl sites for hydroxylation is 1. The molecule has 2 fully saturated rings. The van der Waals surface area contributed by atoms with E-state index in [-0.39, 0.29) is 11.5 Å². The Bertz CT molecular complexity index is 883. The minimum Gasteiger partial charge on any atom is -0.334 e. The molecule has 5 heteroatoms. The SMILES string of the molecule is CCn1nc(C(=O)N2CCCC2CC2CCCCC2)c2ccccc2c1=O. The number of rotatable bonds is 4. The Morgan fingerprint density at radius 3 is 2.56 bits per heavy atom. The summed E-state index contributed by atoms with van der Waals surface area (Å²) in [6.45, 7) is 3.16. The van der Waals surface area contributed by atoms with Gasteiger partial charge >= 0.3 is 0 Å². The number of hydrogen-bond acceptors (Lipinski definition) is 3. The Kier molecular flexibility index (Phi) is 5.28. The van der Waals surface area contributed by atoms with Crippen LogP contribution in [-0.2, 0) is 6.54 Å². The maximum atomic E-state index is 13.4. The van der Waals surface area contributed by atoms with Gasteiger partial charge in [0.05, 0.1) is 5.39 Å². The Labute approximate surface area is 160 Å². The quantitative estimate of drug-likeness (QED) is 0.821. The summed E-state index contributed by atoms with van der Waals surface area (Å²) in [5.74, 6) is 0.748. The van der Waals surface area contributed by atoms with Gasteiger partial charge in [0.2, 0.25) is 0 Å². The molecule has 5 nitrogen and oxygen atoms in total. The third-order valence-electron chi connectivity index (χ3n) is 6.34. The molecule has 2 aromatic rings. The van der Waals surface area contributed by atoms with Crippen molar-refractivity contribution < 1.29 is 4.79 Å². The molecule has 0 radical (unpaired) electrons. The zero-order valence-electron chi connectivity index (χ0n) is 16.2. The largest absolute Gasteiger partial charge is 0.334 e. The zero-order chi connectivity index (χ0) is 18.8. The molecule has 4 rings (SSSR count). The van der Waals surface area contributed by atoms with Crippen LogP contribution in [0.2, 0.25) is 0 Å². The zero-order valence-corrected chi connectivity index (χ0v) is 16.2. The number of nitrogens with zero attached hydrogens (tertiary/aromatic N) is 3. The number of carbonyl (C=O) groups is 1. The van der Waals surface area contributed by atoms with Gasteiger partial charge in [0.15, 0.2) is 5.69 Å². The van der Waals surface area contributed by atoms with E-state index in [2.05, 4.69) is 5.10 Å². The van der Waals surface area contributed by atoms with Crippen LogP contribution in [0, 0.1) is 5.92 Å². The average molecular weight is 367 g/mol. The summed E-state index contributed by atoms with van der Waals surface area (Å²) in [6.07, 6.45) is 9.91. The Balaban J connectivity index is 1.65. The van der Waals surface area contributed by atoms with Crippen LogP contribution in [0.5, 0.6) is 0 Å². The third-order valence-corrected chi connectivity index (χ3v) is 6.34. The Morgan fingerprint density at radius 1 is 1.07 bits per heavy atom. The summed E-state index contributed by atoms with van der Waals surface area (Å²) in [5, 5.41) is 5.72. The molecule has 0 N–H and O–H groups in total. The van der Waals surface area contributed by atoms with Gasteiger partial charge in [-0.2, -0.15) is 5.10 Å². The van der Waals surface area contributed by atoms with Crippen molar-refractivity contribution in [2.75, 3.05) is 6.54 Å². The summed E-state index contributed by atoms with van der Waals surface area (Å²) in [6, 6.07) is 7.69. The van der Waals surface area contributed by atoms with Gasteiger partial charge in [-0.05, 0) is 38.2 Å². The topological polar surface area (TPSA) is 55.2 Å². The van der Waals surface area contributed by atoms with Crippen LogP contribution in [0.25, 0.3) is 10.8 Å². The number of benzene rings is 1. The highest BCUT2D eigenvalue weighted by Crippen LogP contribution is 2.33. The van der Waals surface area contributed by atoms with E-state index in [9.17, 15) is 9.59 Å². The smallest absolute Gasteiger partial charge is 0.275 e. The standard InChI is InChI=1S/C22H29N3O2/c1-2-25-21(26)19-13-7-6-12-18(19)20(23-25)22(27)24-14-8-11-17(24)15-16-9-4-3-5-10-16/h6-7,12-13,16-17H,2-5,8-11,14-15H2,1H3. The second kappa shape index (κ2) is 7.83. The lowest BCUT2D eigenvalue weighted by atomic mass is 9.84. The lowest BCUT2D eigenvalue weighted by molar-refractivity contribution is 0.0705. The third kappa shape index (κ3) is 3.52. The molecule has 1 aliphatic heterocycles. The molecule has 1 aromatic carbocycles. The lowest BCUT2D eigenvalue weighted by Gasteiger charge is -2.30. The summed E-state index contributed by atoms with van der Waals surface area (Å²) in [4.78, 5) is 28.0. The van der Waals surface area contributed by atoms with Crippen LogP contribution in [0.3, 0.4) is 0 Å². The highest BCUT2D eigenvalue weighted by atomic mass is 16.2. The van der Waals surface area contributed by atoms with Gasteiger partial charge in [-0.25, -0.2) is 4.68 Å². The van der Waals surface area contributed by atoms with Crippen molar-refractivity contribution in [2.45, 2.75) is 70.9 Å². The summed E-state index contributed by atoms with van der Waals surface area (Å²) < 4.78 is 1.42. The second-order valence-electron chi connectivity index (χ2n) is 8.05. The monoisotopic (exact) mass is 367 g/mol. The van der Waals surface area contributed by atoms with Gasteiger partial charge in [-0.1, -0.05) is 50.3 Å². The molecule has 2 heterocycles. The van der Waals surface area contributed by atoms with Gasteiger partial charge < -0.3 is 4.90 Å². The molecule has 0 bridgehead atoms. The van der Waals surface area contributed by atoms with Crippen LogP contribution < -0.4 is 5.56 Å². The molecule has 1 aliphatic carbocycles. The van der Waals surface area contributed by atoms with E-state index in [4.69, 9.17) is 0 Å². The maximum absolute atomic E-state index is 13.4. The van der Waals surface area contributed by atoms with Gasteiger partial charge in [-0.15, -0.1) is 0 Å². The van der Waals surface area contributed by atoms with Gasteiger partial charge in [0.1, 0.15) is 0 Å². The summed E-state index contributed by atoms with van der Waals surface area (Å²) in [7, 11) is 0. The van der Waals surface area contributed by atoms with Gasteiger partial charge in [-0.3, -0.25) is 9.59 Å². The van der Waals surface area contributed by atoms with Crippen molar-refractivity contribution in [3.8, 4) is 0 Å². The van der Waals surface area contributed by atoms with Crippen molar-refractivity contribution in [3.05, 3.63) is 40.3 Å². The van der Waals surface area contributed by atoms with Crippen molar-refractivity contribution in [2.24, 2.45) is 5.92 Å². The molecule has 2 aliphatic rings. The van der Waals surface area contributed by atoms with Crippen molar-refractivity contribution in [1.82, 2.24) is 14.7 Å². The molecule has 1 atom stereocenters. The molecule has 1 amide bonds. The van der Waals surface area contributed by atoms with Crippen LogP contribution in [0.1, 0.15) is 68.8 Å². The van der Waals surface area contributed by atoms with Crippen LogP contribution in [0.15, 0.2) is 29.1 Å². The average Bonchev–Trinajstić information content (AvgIpc) is 3.17. The van der Waals surface area contributed by atoms with E-state index in [1.807, 2.05) is 30.0 Å². The van der Waals surface area contributed by atoms with E-state index < -0.39 is 0 Å². The number of amides is 1. The van der Waals surface area contributed by atoms with Crippen LogP contribution in [-0.4, -0.2) is 33.2 Å². The minimum absolute atomic E-state index is 0.00768. The fraction of sp³-hybridized carbons (Fsp3) is 0.591. The highest BCUT2D eigenvalue weighted by molar-refractivity contribution is 6.05. The molecule has 1 unspecified atom stereocenters. The van der Waals surface area contributed by atoms with E-state index >= 15 is 0 Å². The fourth-order valence-corrected chi connectivity index (χ4v) is 4.90. The van der Waals surface area contributed by atoms with Gasteiger partial charge in [0.25, 0.3) is 11.5 Å². The summed E-state index contributed by atoms with van der Waals surface area (Å²) in [5.41, 5.74) is 0.312. The molecule has 1 aromatic heterocycles. The Hall–Kier alpha value is -2.17. The minimum atomic E-state index is -0.121. The number of fused-ring (bicyclic) bond motifs is 1. The number of hydrogen-bond donors (Lipinski definition) is 0.